The van der Waals surface area contributed by atoms with Gasteiger partial charge in [0.15, 0.2) is 6.23 Å². The van der Waals surface area contributed by atoms with Gasteiger partial charge in [0.25, 0.3) is 13.4 Å². The Morgan fingerprint density at radius 3 is 2.29 bits per heavy atom. The molecule has 19 heteroatoms. The van der Waals surface area contributed by atoms with Gasteiger partial charge in [-0.25, -0.2) is 4.79 Å². The first-order valence-corrected chi connectivity index (χ1v) is 9.34. The fourth-order valence-corrected chi connectivity index (χ4v) is 3.53. The summed E-state index contributed by atoms with van der Waals surface area (Å²) in [6.45, 7) is -1.02. The summed E-state index contributed by atoms with van der Waals surface area (Å²) in [7, 11) is -11.4. The Balaban J connectivity index is -0.00000169. The van der Waals surface area contributed by atoms with E-state index in [1.807, 2.05) is 4.98 Å². The van der Waals surface area contributed by atoms with Crippen LogP contribution < -0.4 is 63.7 Å². The Labute approximate surface area is 181 Å². The number of ether oxygens (including phenoxy) is 1. The third-order valence-electron chi connectivity index (χ3n) is 3.06. The number of aliphatic hydroxyl groups is 2. The Morgan fingerprint density at radius 2 is 1.79 bits per heavy atom. The SMILES string of the molecule is O.O=c1ccn([C@@H]2O[C@H](COP(=O)([O-])OP(=O)([O-])[O-])[C@@H](O)[C@H]2O)c(=O)[nH]1.[H+].[Li+].[Li+]. The van der Waals surface area contributed by atoms with Crippen LogP contribution in [0.3, 0.4) is 0 Å². The van der Waals surface area contributed by atoms with Crippen LogP contribution in [0.1, 0.15) is 7.65 Å². The molecule has 2 heterocycles. The van der Waals surface area contributed by atoms with Crippen molar-refractivity contribution in [2.75, 3.05) is 6.61 Å². The molecule has 0 amide bonds. The van der Waals surface area contributed by atoms with Crippen LogP contribution in [0.2, 0.25) is 0 Å². The number of aliphatic hydroxyl groups excluding tert-OH is 2. The zero-order chi connectivity index (χ0) is 19.0. The third kappa shape index (κ3) is 8.01. The van der Waals surface area contributed by atoms with Gasteiger partial charge in [-0.1, -0.05) is 0 Å². The molecule has 28 heavy (non-hydrogen) atoms. The van der Waals surface area contributed by atoms with Crippen LogP contribution in [0.5, 0.6) is 0 Å². The number of hydrogen-bond donors (Lipinski definition) is 3. The number of H-pyrrole nitrogens is 1. The molecule has 0 spiro atoms. The molecule has 1 aromatic heterocycles. The number of phosphoric ester groups is 1. The molecule has 5 N–H and O–H groups in total. The predicted molar refractivity (Wildman–Crippen MR) is 74.2 cm³/mol. The zero-order valence-corrected chi connectivity index (χ0v) is 16.3. The fourth-order valence-electron chi connectivity index (χ4n) is 2.04. The average Bonchev–Trinajstić information content (AvgIpc) is 2.71. The van der Waals surface area contributed by atoms with E-state index in [0.29, 0.717) is 0 Å². The average molecular weight is 434 g/mol. The molecule has 2 rings (SSSR count). The van der Waals surface area contributed by atoms with E-state index in [0.717, 1.165) is 16.8 Å². The summed E-state index contributed by atoms with van der Waals surface area (Å²) >= 11 is 0. The summed E-state index contributed by atoms with van der Waals surface area (Å²) < 4.78 is 34.6. The maximum Gasteiger partial charge on any atom is 1.00 e. The Hall–Kier alpha value is -0.0252. The standard InChI is InChI=1S/C9H14N2O12P2.2Li.H2O/c12-5-1-2-11(9(15)10-5)8-7(14)6(13)4(22-8)3-21-25(19,20)23-24(16,17)18;;;/h1-2,4,6-8,13-14H,3H2,(H,19,20)(H,10,12,15)(H2,16,17,18);;;1H2/q;2*+1;/p-2/t4-,6-,7-,8-;;;/m1.../s1. The smallest absolute Gasteiger partial charge is 0.790 e. The number of nitrogens with zero attached hydrogens (tertiary/aromatic N) is 1. The molecule has 150 valence electrons. The van der Waals surface area contributed by atoms with E-state index in [-0.39, 0.29) is 44.6 Å². The molecule has 1 saturated heterocycles. The van der Waals surface area contributed by atoms with Crippen molar-refractivity contribution in [2.45, 2.75) is 24.5 Å². The molecule has 0 saturated carbocycles. The number of aromatic nitrogens is 2. The van der Waals surface area contributed by atoms with Gasteiger partial charge in [-0.05, 0) is 0 Å². The molecule has 15 nitrogen and oxygen atoms in total. The molecule has 1 aliphatic heterocycles. The second-order valence-electron chi connectivity index (χ2n) is 4.84. The molecule has 0 bridgehead atoms. The van der Waals surface area contributed by atoms with Crippen molar-refractivity contribution in [2.24, 2.45) is 0 Å². The van der Waals surface area contributed by atoms with Gasteiger partial charge in [0.2, 0.25) is 0 Å². The van der Waals surface area contributed by atoms with E-state index in [9.17, 15) is 43.6 Å². The van der Waals surface area contributed by atoms with E-state index in [4.69, 9.17) is 4.74 Å². The third-order valence-corrected chi connectivity index (χ3v) is 5.12. The van der Waals surface area contributed by atoms with Gasteiger partial charge in [0.1, 0.15) is 18.3 Å². The van der Waals surface area contributed by atoms with Gasteiger partial charge in [-0.15, -0.1) is 0 Å². The first-order chi connectivity index (χ1) is 11.4. The number of aromatic amines is 1. The van der Waals surface area contributed by atoms with Crippen LogP contribution in [-0.2, 0) is 22.7 Å². The molecule has 1 unspecified atom stereocenters. The van der Waals surface area contributed by atoms with E-state index < -0.39 is 58.0 Å². The minimum Gasteiger partial charge on any atom is -0.790 e. The second-order valence-corrected chi connectivity index (χ2v) is 7.54. The number of hydrogen-bond acceptors (Lipinski definition) is 12. The monoisotopic (exact) mass is 434 g/mol. The maximum atomic E-state index is 11.6. The minimum atomic E-state index is -5.88. The normalized spacial score (nSPS) is 26.3. The number of rotatable bonds is 6. The van der Waals surface area contributed by atoms with Crippen molar-refractivity contribution in [1.29, 1.82) is 0 Å². The van der Waals surface area contributed by atoms with E-state index in [1.165, 1.54) is 0 Å². The van der Waals surface area contributed by atoms with Gasteiger partial charge in [0.05, 0.1) is 14.4 Å². The summed E-state index contributed by atoms with van der Waals surface area (Å²) in [5.41, 5.74) is -1.69. The van der Waals surface area contributed by atoms with E-state index in [2.05, 4.69) is 8.83 Å². The van der Waals surface area contributed by atoms with Crippen molar-refractivity contribution < 1.29 is 92.2 Å². The quantitative estimate of drug-likeness (QED) is 0.278. The van der Waals surface area contributed by atoms with Gasteiger partial charge in [0, 0.05) is 12.3 Å². The molecule has 0 aromatic carbocycles. The number of nitrogens with one attached hydrogen (secondary N) is 1. The van der Waals surface area contributed by atoms with Gasteiger partial charge >= 0.3 is 44.8 Å². The zero-order valence-electron chi connectivity index (χ0n) is 15.5. The maximum absolute atomic E-state index is 11.6. The molecule has 0 radical (unpaired) electrons. The molecule has 1 fully saturated rings. The van der Waals surface area contributed by atoms with Crippen LogP contribution in [0.4, 0.5) is 0 Å². The Kier molecular flexibility index (Phi) is 12.3. The van der Waals surface area contributed by atoms with Crippen LogP contribution in [-0.4, -0.2) is 50.2 Å². The molecule has 5 atom stereocenters. The summed E-state index contributed by atoms with van der Waals surface area (Å²) in [5.74, 6) is 0. The van der Waals surface area contributed by atoms with E-state index >= 15 is 0 Å². The molecular weight excluding hydrogens is 420 g/mol. The van der Waals surface area contributed by atoms with Gasteiger partial charge in [-0.3, -0.25) is 23.2 Å². The van der Waals surface area contributed by atoms with Gasteiger partial charge < -0.3 is 44.2 Å². The minimum absolute atomic E-state index is 0. The van der Waals surface area contributed by atoms with E-state index in [1.54, 1.807) is 0 Å². The Bertz CT molecular complexity index is 846. The summed E-state index contributed by atoms with van der Waals surface area (Å²) in [5, 5.41) is 19.7. The van der Waals surface area contributed by atoms with Crippen molar-refractivity contribution in [1.82, 2.24) is 9.55 Å². The van der Waals surface area contributed by atoms with Crippen LogP contribution >= 0.6 is 15.6 Å². The topological polar surface area (TPSA) is 258 Å². The largest absolute Gasteiger partial charge is 1.00 e. The molecule has 1 aliphatic rings. The first-order valence-electron chi connectivity index (χ1n) is 6.42. The second kappa shape index (κ2) is 11.4. The fraction of sp³-hybridized carbons (Fsp3) is 0.556. The molecular formula is C9H14Li2N2O13P2. The van der Waals surface area contributed by atoms with Crippen molar-refractivity contribution in [3.8, 4) is 0 Å². The van der Waals surface area contributed by atoms with Gasteiger partial charge in [-0.2, -0.15) is 0 Å². The van der Waals surface area contributed by atoms with Crippen LogP contribution in [0.25, 0.3) is 0 Å². The van der Waals surface area contributed by atoms with Crippen molar-refractivity contribution >= 4 is 15.6 Å². The summed E-state index contributed by atoms with van der Waals surface area (Å²) in [4.78, 5) is 56.2. The van der Waals surface area contributed by atoms with Crippen LogP contribution in [0, 0.1) is 0 Å². The predicted octanol–water partition coefficient (Wildman–Crippen LogP) is -11.2. The van der Waals surface area contributed by atoms with Crippen LogP contribution in [0.15, 0.2) is 21.9 Å². The van der Waals surface area contributed by atoms with Crippen molar-refractivity contribution in [3.05, 3.63) is 33.1 Å². The Morgan fingerprint density at radius 1 is 1.21 bits per heavy atom. The molecule has 0 aliphatic carbocycles. The summed E-state index contributed by atoms with van der Waals surface area (Å²) in [6.07, 6.45) is -5.51. The summed E-state index contributed by atoms with van der Waals surface area (Å²) in [6, 6.07) is 0.938. The number of phosphoric acid groups is 2. The van der Waals surface area contributed by atoms with Crippen molar-refractivity contribution in [3.63, 3.8) is 0 Å². The first kappa shape index (κ1) is 30.2. The molecule has 1 aromatic rings.